The highest BCUT2D eigenvalue weighted by molar-refractivity contribution is 5.91. The Balaban J connectivity index is 1.66. The van der Waals surface area contributed by atoms with Crippen molar-refractivity contribution < 1.29 is 13.8 Å². The summed E-state index contributed by atoms with van der Waals surface area (Å²) in [5, 5.41) is 16.7. The van der Waals surface area contributed by atoms with Gasteiger partial charge in [0.2, 0.25) is 5.91 Å². The molecule has 0 saturated heterocycles. The van der Waals surface area contributed by atoms with Crippen molar-refractivity contribution in [3.8, 4) is 11.5 Å². The lowest BCUT2D eigenvalue weighted by atomic mass is 10.2. The molecule has 0 saturated carbocycles. The van der Waals surface area contributed by atoms with Crippen LogP contribution in [0.5, 0.6) is 0 Å². The number of aromatic nitrogens is 4. The Labute approximate surface area is 113 Å². The van der Waals surface area contributed by atoms with Crippen molar-refractivity contribution in [3.63, 3.8) is 0 Å². The molecule has 3 rings (SSSR count). The molecular formula is C12H11N5O3. The fourth-order valence-corrected chi connectivity index (χ4v) is 1.69. The molecule has 3 aromatic rings. The van der Waals surface area contributed by atoms with Crippen molar-refractivity contribution in [3.05, 3.63) is 35.9 Å². The van der Waals surface area contributed by atoms with Crippen LogP contribution in [0.3, 0.4) is 0 Å². The fraction of sp³-hybridized carbons (Fsp3) is 0.167. The van der Waals surface area contributed by atoms with E-state index in [4.69, 9.17) is 4.42 Å². The number of H-pyrrole nitrogens is 1. The number of amides is 1. The van der Waals surface area contributed by atoms with Crippen LogP contribution in [0.1, 0.15) is 11.4 Å². The van der Waals surface area contributed by atoms with Crippen molar-refractivity contribution >= 4 is 11.7 Å². The highest BCUT2D eigenvalue weighted by Gasteiger charge is 2.13. The fourth-order valence-electron chi connectivity index (χ4n) is 1.69. The number of carbonyl (C=O) groups is 1. The molecule has 102 valence electrons. The molecule has 0 aliphatic rings. The van der Waals surface area contributed by atoms with Crippen LogP contribution in [0.4, 0.5) is 5.82 Å². The van der Waals surface area contributed by atoms with Crippen LogP contribution in [0.15, 0.2) is 33.5 Å². The lowest BCUT2D eigenvalue weighted by molar-refractivity contribution is -0.115. The highest BCUT2D eigenvalue weighted by Crippen LogP contribution is 2.19. The van der Waals surface area contributed by atoms with Gasteiger partial charge in [-0.3, -0.25) is 9.89 Å². The first-order chi connectivity index (χ1) is 9.72. The zero-order valence-electron chi connectivity index (χ0n) is 10.6. The quantitative estimate of drug-likeness (QED) is 0.746. The van der Waals surface area contributed by atoms with Crippen molar-refractivity contribution in [2.75, 3.05) is 5.32 Å². The third-order valence-corrected chi connectivity index (χ3v) is 2.71. The summed E-state index contributed by atoms with van der Waals surface area (Å²) in [7, 11) is 0. The van der Waals surface area contributed by atoms with Gasteiger partial charge in [-0.1, -0.05) is 10.3 Å². The maximum Gasteiger partial charge on any atom is 0.231 e. The molecule has 3 heterocycles. The summed E-state index contributed by atoms with van der Waals surface area (Å²) in [6, 6.07) is 5.25. The van der Waals surface area contributed by atoms with Crippen molar-refractivity contribution in [2.45, 2.75) is 13.3 Å². The van der Waals surface area contributed by atoms with E-state index < -0.39 is 0 Å². The minimum absolute atomic E-state index is 0.0816. The smallest absolute Gasteiger partial charge is 0.231 e. The molecule has 0 aliphatic heterocycles. The molecule has 1 amide bonds. The summed E-state index contributed by atoms with van der Waals surface area (Å²) < 4.78 is 9.76. The second-order valence-electron chi connectivity index (χ2n) is 4.17. The topological polar surface area (TPSA) is 110 Å². The van der Waals surface area contributed by atoms with Crippen molar-refractivity contribution in [1.82, 2.24) is 20.5 Å². The summed E-state index contributed by atoms with van der Waals surface area (Å²) in [4.78, 5) is 11.8. The second kappa shape index (κ2) is 5.00. The van der Waals surface area contributed by atoms with Gasteiger partial charge in [-0.05, 0) is 19.1 Å². The molecule has 0 aliphatic carbocycles. The first-order valence-electron chi connectivity index (χ1n) is 5.89. The maximum absolute atomic E-state index is 11.8. The standard InChI is InChI=1S/C12H11N5O3/c1-7-8(17-20-16-7)6-12(18)13-11-5-9(14-15-11)10-3-2-4-19-10/h2-5H,6H2,1H3,(H2,13,14,15,18). The lowest BCUT2D eigenvalue weighted by Crippen LogP contribution is -2.15. The van der Waals surface area contributed by atoms with Crippen molar-refractivity contribution in [1.29, 1.82) is 0 Å². The van der Waals surface area contributed by atoms with Crippen LogP contribution in [0.2, 0.25) is 0 Å². The third kappa shape index (κ3) is 2.44. The number of nitrogens with zero attached hydrogens (tertiary/aromatic N) is 3. The molecule has 0 bridgehead atoms. The van der Waals surface area contributed by atoms with Gasteiger partial charge in [-0.2, -0.15) is 5.10 Å². The monoisotopic (exact) mass is 273 g/mol. The molecule has 3 aromatic heterocycles. The van der Waals surface area contributed by atoms with E-state index in [1.807, 2.05) is 0 Å². The Kier molecular flexibility index (Phi) is 3.04. The van der Waals surface area contributed by atoms with E-state index in [0.717, 1.165) is 0 Å². The van der Waals surface area contributed by atoms with Gasteiger partial charge in [0.25, 0.3) is 0 Å². The highest BCUT2D eigenvalue weighted by atomic mass is 16.6. The number of rotatable bonds is 4. The van der Waals surface area contributed by atoms with Gasteiger partial charge in [0.05, 0.1) is 12.7 Å². The third-order valence-electron chi connectivity index (χ3n) is 2.71. The van der Waals surface area contributed by atoms with E-state index in [0.29, 0.717) is 28.7 Å². The van der Waals surface area contributed by atoms with Crippen LogP contribution < -0.4 is 5.32 Å². The maximum atomic E-state index is 11.8. The largest absolute Gasteiger partial charge is 0.463 e. The number of aromatic amines is 1. The number of hydrogen-bond donors (Lipinski definition) is 2. The summed E-state index contributed by atoms with van der Waals surface area (Å²) in [5.74, 6) is 0.811. The van der Waals surface area contributed by atoms with E-state index in [9.17, 15) is 4.79 Å². The van der Waals surface area contributed by atoms with Crippen LogP contribution in [-0.4, -0.2) is 26.4 Å². The summed E-state index contributed by atoms with van der Waals surface area (Å²) in [6.07, 6.45) is 1.65. The Morgan fingerprint density at radius 1 is 1.45 bits per heavy atom. The molecule has 20 heavy (non-hydrogen) atoms. The molecule has 2 N–H and O–H groups in total. The van der Waals surface area contributed by atoms with Gasteiger partial charge >= 0.3 is 0 Å². The molecule has 0 unspecified atom stereocenters. The predicted molar refractivity (Wildman–Crippen MR) is 67.7 cm³/mol. The molecule has 0 atom stereocenters. The SMILES string of the molecule is Cc1nonc1CC(=O)Nc1cc(-c2ccco2)[nH]n1. The van der Waals surface area contributed by atoms with Crippen LogP contribution in [0.25, 0.3) is 11.5 Å². The predicted octanol–water partition coefficient (Wildman–Crippen LogP) is 1.54. The Morgan fingerprint density at radius 3 is 3.05 bits per heavy atom. The van der Waals surface area contributed by atoms with Gasteiger partial charge in [0.1, 0.15) is 17.1 Å². The number of furan rings is 1. The summed E-state index contributed by atoms with van der Waals surface area (Å²) >= 11 is 0. The van der Waals surface area contributed by atoms with Gasteiger partial charge < -0.3 is 9.73 Å². The van der Waals surface area contributed by atoms with Gasteiger partial charge in [0.15, 0.2) is 11.6 Å². The van der Waals surface area contributed by atoms with Crippen LogP contribution in [0, 0.1) is 6.92 Å². The Hall–Kier alpha value is -2.90. The lowest BCUT2D eigenvalue weighted by Gasteiger charge is -1.98. The minimum Gasteiger partial charge on any atom is -0.463 e. The average molecular weight is 273 g/mol. The number of anilines is 1. The molecule has 8 nitrogen and oxygen atoms in total. The number of hydrogen-bond acceptors (Lipinski definition) is 6. The molecular weight excluding hydrogens is 262 g/mol. The average Bonchev–Trinajstić information content (AvgIpc) is 3.12. The molecule has 8 heteroatoms. The number of aryl methyl sites for hydroxylation is 1. The zero-order chi connectivity index (χ0) is 13.9. The Morgan fingerprint density at radius 2 is 2.35 bits per heavy atom. The molecule has 0 radical (unpaired) electrons. The summed E-state index contributed by atoms with van der Waals surface area (Å²) in [6.45, 7) is 1.72. The summed E-state index contributed by atoms with van der Waals surface area (Å²) in [5.41, 5.74) is 1.78. The normalized spacial score (nSPS) is 10.7. The van der Waals surface area contributed by atoms with E-state index in [-0.39, 0.29) is 12.3 Å². The molecule has 0 aromatic carbocycles. The van der Waals surface area contributed by atoms with Crippen LogP contribution in [-0.2, 0) is 11.2 Å². The number of nitrogens with one attached hydrogen (secondary N) is 2. The number of carbonyl (C=O) groups excluding carboxylic acids is 1. The van der Waals surface area contributed by atoms with E-state index in [1.54, 1.807) is 31.4 Å². The molecule has 0 fully saturated rings. The van der Waals surface area contributed by atoms with Crippen LogP contribution >= 0.6 is 0 Å². The van der Waals surface area contributed by atoms with Gasteiger partial charge in [-0.15, -0.1) is 0 Å². The zero-order valence-corrected chi connectivity index (χ0v) is 10.6. The van der Waals surface area contributed by atoms with E-state index in [2.05, 4.69) is 30.5 Å². The van der Waals surface area contributed by atoms with E-state index >= 15 is 0 Å². The van der Waals surface area contributed by atoms with Crippen molar-refractivity contribution in [2.24, 2.45) is 0 Å². The first-order valence-corrected chi connectivity index (χ1v) is 5.89. The van der Waals surface area contributed by atoms with Gasteiger partial charge in [0, 0.05) is 6.07 Å². The molecule has 0 spiro atoms. The van der Waals surface area contributed by atoms with Gasteiger partial charge in [-0.25, -0.2) is 4.63 Å². The second-order valence-corrected chi connectivity index (χ2v) is 4.17. The Bertz CT molecular complexity index is 713. The van der Waals surface area contributed by atoms with E-state index in [1.165, 1.54) is 0 Å². The minimum atomic E-state index is -0.249. The first kappa shape index (κ1) is 12.2.